The van der Waals surface area contributed by atoms with Gasteiger partial charge in [-0.2, -0.15) is 4.98 Å². The number of H-pyrrole nitrogens is 1. The van der Waals surface area contributed by atoms with Crippen LogP contribution in [0.15, 0.2) is 30.3 Å². The number of likely N-dealkylation sites (tertiary alicyclic amines) is 1. The van der Waals surface area contributed by atoms with Gasteiger partial charge in [0, 0.05) is 25.1 Å². The predicted octanol–water partition coefficient (Wildman–Crippen LogP) is 3.89. The van der Waals surface area contributed by atoms with Crippen LogP contribution in [0.1, 0.15) is 44.6 Å². The van der Waals surface area contributed by atoms with Gasteiger partial charge in [0.2, 0.25) is 0 Å². The molecule has 1 amide bonds. The number of aliphatic hydroxyl groups excluding tert-OH is 2. The number of nitrogens with zero attached hydrogens (tertiary/aromatic N) is 3. The number of pyridine rings is 1. The fraction of sp³-hybridized carbons (Fsp3) is 0.519. The maximum absolute atomic E-state index is 12.2. The van der Waals surface area contributed by atoms with E-state index in [1.54, 1.807) is 11.0 Å². The highest BCUT2D eigenvalue weighted by atomic mass is 35.5. The summed E-state index contributed by atoms with van der Waals surface area (Å²) in [5.74, 6) is 0.374. The van der Waals surface area contributed by atoms with Crippen LogP contribution in [0.5, 0.6) is 6.01 Å². The second-order valence-electron chi connectivity index (χ2n) is 10.1. The van der Waals surface area contributed by atoms with E-state index in [0.717, 1.165) is 18.4 Å². The van der Waals surface area contributed by atoms with Crippen LogP contribution in [0.25, 0.3) is 22.4 Å². The van der Waals surface area contributed by atoms with E-state index in [4.69, 9.17) is 25.8 Å². The molecule has 3 N–H and O–H groups in total. The van der Waals surface area contributed by atoms with Gasteiger partial charge in [0.25, 0.3) is 6.01 Å². The van der Waals surface area contributed by atoms with Gasteiger partial charge in [0.05, 0.1) is 41.7 Å². The summed E-state index contributed by atoms with van der Waals surface area (Å²) in [5.41, 5.74) is 3.83. The highest BCUT2D eigenvalue weighted by Crippen LogP contribution is 2.33. The zero-order valence-corrected chi connectivity index (χ0v) is 22.2. The van der Waals surface area contributed by atoms with E-state index in [9.17, 15) is 15.0 Å². The number of halogens is 1. The fourth-order valence-electron chi connectivity index (χ4n) is 4.98. The first-order valence-corrected chi connectivity index (χ1v) is 13.4. The molecule has 1 unspecified atom stereocenters. The first kappa shape index (κ1) is 26.7. The first-order valence-electron chi connectivity index (χ1n) is 13.0. The van der Waals surface area contributed by atoms with E-state index in [-0.39, 0.29) is 31.4 Å². The number of carbonyl (C=O) groups is 1. The summed E-state index contributed by atoms with van der Waals surface area (Å²) in [6.45, 7) is 5.08. The number of carbonyl (C=O) groups excluding carboxylic acids is 1. The molecule has 0 aliphatic carbocycles. The number of aromatic amines is 1. The van der Waals surface area contributed by atoms with Crippen molar-refractivity contribution in [1.29, 1.82) is 0 Å². The number of imidazole rings is 1. The second kappa shape index (κ2) is 11.4. The molecule has 0 spiro atoms. The molecule has 3 aromatic rings. The van der Waals surface area contributed by atoms with Gasteiger partial charge in [0.1, 0.15) is 12.2 Å². The van der Waals surface area contributed by atoms with Crippen LogP contribution in [-0.4, -0.2) is 86.9 Å². The van der Waals surface area contributed by atoms with Crippen LogP contribution in [-0.2, 0) is 9.47 Å². The number of hydrogen-bond acceptors (Lipinski definition) is 8. The molecule has 2 aromatic heterocycles. The SMILES string of the molecule is CC(C)OC(=O)N1CCC(c2ccc(-c3nc4nc(O[C@H]5COC(CO)[C@@H](O)C5)[nH]c4cc3Cl)cc2)CC1. The number of nitrogens with one attached hydrogen (secondary N) is 1. The van der Waals surface area contributed by atoms with Crippen molar-refractivity contribution >= 4 is 28.9 Å². The minimum Gasteiger partial charge on any atom is -0.459 e. The van der Waals surface area contributed by atoms with Gasteiger partial charge in [-0.1, -0.05) is 35.9 Å². The average Bonchev–Trinajstić information content (AvgIpc) is 3.29. The number of hydrogen-bond donors (Lipinski definition) is 3. The summed E-state index contributed by atoms with van der Waals surface area (Å²) >= 11 is 6.58. The van der Waals surface area contributed by atoms with Crippen LogP contribution >= 0.6 is 11.6 Å². The number of benzene rings is 1. The summed E-state index contributed by atoms with van der Waals surface area (Å²) in [7, 11) is 0. The van der Waals surface area contributed by atoms with Crippen LogP contribution < -0.4 is 4.74 Å². The first-order chi connectivity index (χ1) is 18.3. The second-order valence-corrected chi connectivity index (χ2v) is 10.6. The van der Waals surface area contributed by atoms with Crippen molar-refractivity contribution < 1.29 is 29.2 Å². The average molecular weight is 545 g/mol. The Labute approximate surface area is 225 Å². The Kier molecular flexibility index (Phi) is 8.04. The molecule has 2 aliphatic heterocycles. The third-order valence-corrected chi connectivity index (χ3v) is 7.33. The molecular formula is C27H33ClN4O6. The Morgan fingerprint density at radius 1 is 1.24 bits per heavy atom. The smallest absolute Gasteiger partial charge is 0.410 e. The Bertz CT molecular complexity index is 1260. The molecule has 0 bridgehead atoms. The molecule has 2 aliphatic rings. The van der Waals surface area contributed by atoms with Gasteiger partial charge in [-0.15, -0.1) is 0 Å². The van der Waals surface area contributed by atoms with E-state index >= 15 is 0 Å². The van der Waals surface area contributed by atoms with Gasteiger partial charge in [-0.3, -0.25) is 0 Å². The summed E-state index contributed by atoms with van der Waals surface area (Å²) < 4.78 is 16.6. The third-order valence-electron chi connectivity index (χ3n) is 7.04. The quantitative estimate of drug-likeness (QED) is 0.426. The molecule has 2 fully saturated rings. The third kappa shape index (κ3) is 5.88. The fourth-order valence-corrected chi connectivity index (χ4v) is 5.24. The van der Waals surface area contributed by atoms with Crippen LogP contribution in [0.2, 0.25) is 5.02 Å². The summed E-state index contributed by atoms with van der Waals surface area (Å²) in [4.78, 5) is 26.1. The van der Waals surface area contributed by atoms with E-state index in [2.05, 4.69) is 27.1 Å². The summed E-state index contributed by atoms with van der Waals surface area (Å²) in [6.07, 6.45) is -0.0567. The van der Waals surface area contributed by atoms with E-state index in [1.165, 1.54) is 5.56 Å². The largest absolute Gasteiger partial charge is 0.459 e. The standard InChI is InChI=1S/C27H33ClN4O6/c1-15(2)37-27(35)32-9-7-17(8-10-32)16-3-5-18(6-4-16)24-20(28)12-21-25(30-24)31-26(29-21)38-19-11-22(34)23(13-33)36-14-19/h3-6,12,15,17,19,22-23,33-34H,7-11,13-14H2,1-2H3,(H,29,30,31)/t19-,22+,23?/m1/s1. The minimum absolute atomic E-state index is 0.117. The van der Waals surface area contributed by atoms with Crippen LogP contribution in [0, 0.1) is 0 Å². The van der Waals surface area contributed by atoms with Crippen molar-refractivity contribution in [3.05, 3.63) is 40.9 Å². The van der Waals surface area contributed by atoms with Crippen molar-refractivity contribution in [3.8, 4) is 17.3 Å². The minimum atomic E-state index is -0.806. The van der Waals surface area contributed by atoms with Crippen molar-refractivity contribution in [3.63, 3.8) is 0 Å². The number of aromatic nitrogens is 3. The van der Waals surface area contributed by atoms with Crippen LogP contribution in [0.4, 0.5) is 4.79 Å². The topological polar surface area (TPSA) is 130 Å². The lowest BCUT2D eigenvalue weighted by atomic mass is 9.89. The van der Waals surface area contributed by atoms with Crippen molar-refractivity contribution in [1.82, 2.24) is 19.9 Å². The molecule has 3 atom stereocenters. The maximum atomic E-state index is 12.2. The van der Waals surface area contributed by atoms with Gasteiger partial charge < -0.3 is 34.3 Å². The van der Waals surface area contributed by atoms with Gasteiger partial charge in [-0.25, -0.2) is 9.78 Å². The lowest BCUT2D eigenvalue weighted by molar-refractivity contribution is -0.131. The van der Waals surface area contributed by atoms with Gasteiger partial charge >= 0.3 is 6.09 Å². The van der Waals surface area contributed by atoms with E-state index in [1.807, 2.05) is 26.0 Å². The normalized spacial score (nSPS) is 22.7. The highest BCUT2D eigenvalue weighted by molar-refractivity contribution is 6.33. The number of fused-ring (bicyclic) bond motifs is 1. The molecule has 38 heavy (non-hydrogen) atoms. The molecule has 10 nitrogen and oxygen atoms in total. The Hall–Kier alpha value is -2.92. The van der Waals surface area contributed by atoms with Crippen molar-refractivity contribution in [2.24, 2.45) is 0 Å². The Morgan fingerprint density at radius 3 is 2.63 bits per heavy atom. The monoisotopic (exact) mass is 544 g/mol. The predicted molar refractivity (Wildman–Crippen MR) is 141 cm³/mol. The lowest BCUT2D eigenvalue weighted by Crippen LogP contribution is -2.45. The molecule has 4 heterocycles. The Balaban J connectivity index is 1.24. The van der Waals surface area contributed by atoms with E-state index < -0.39 is 18.3 Å². The van der Waals surface area contributed by atoms with Crippen molar-refractivity contribution in [2.75, 3.05) is 26.3 Å². The molecule has 5 rings (SSSR count). The number of amides is 1. The summed E-state index contributed by atoms with van der Waals surface area (Å²) in [5, 5.41) is 19.8. The lowest BCUT2D eigenvalue weighted by Gasteiger charge is -2.32. The zero-order valence-electron chi connectivity index (χ0n) is 21.5. The zero-order chi connectivity index (χ0) is 26.8. The summed E-state index contributed by atoms with van der Waals surface area (Å²) in [6, 6.07) is 10.2. The van der Waals surface area contributed by atoms with E-state index in [0.29, 0.717) is 47.3 Å². The number of aliphatic hydroxyl groups is 2. The highest BCUT2D eigenvalue weighted by Gasteiger charge is 2.31. The molecule has 2 saturated heterocycles. The van der Waals surface area contributed by atoms with Crippen LogP contribution in [0.3, 0.4) is 0 Å². The molecule has 11 heteroatoms. The maximum Gasteiger partial charge on any atom is 0.410 e. The molecule has 0 saturated carbocycles. The number of rotatable bonds is 6. The number of ether oxygens (including phenoxy) is 3. The molecular weight excluding hydrogens is 512 g/mol. The van der Waals surface area contributed by atoms with Gasteiger partial charge in [-0.05, 0) is 44.2 Å². The molecule has 1 aromatic carbocycles. The number of piperidine rings is 1. The molecule has 0 radical (unpaired) electrons. The molecule has 204 valence electrons. The van der Waals surface area contributed by atoms with Gasteiger partial charge in [0.15, 0.2) is 5.65 Å². The van der Waals surface area contributed by atoms with Crippen molar-refractivity contribution in [2.45, 2.75) is 63.4 Å². The Morgan fingerprint density at radius 2 is 1.97 bits per heavy atom.